The van der Waals surface area contributed by atoms with E-state index in [0.29, 0.717) is 17.1 Å². The fourth-order valence-corrected chi connectivity index (χ4v) is 3.16. The average molecular weight is 403 g/mol. The normalized spacial score (nSPS) is 15.0. The van der Waals surface area contributed by atoms with Crippen LogP contribution < -0.4 is 15.2 Å². The van der Waals surface area contributed by atoms with E-state index in [1.54, 1.807) is 18.2 Å². The number of non-ortho nitro benzene ring substituents is 1. The minimum atomic E-state index is -0.765. The molecular formula is C21H13N3O6. The van der Waals surface area contributed by atoms with Crippen LogP contribution >= 0.6 is 0 Å². The Hall–Kier alpha value is -4.58. The number of carbonyl (C=O) groups is 1. The lowest BCUT2D eigenvalue weighted by atomic mass is 9.87. The van der Waals surface area contributed by atoms with Crippen LogP contribution in [0, 0.1) is 21.4 Å². The Labute approximate surface area is 169 Å². The van der Waals surface area contributed by atoms with Crippen molar-refractivity contribution in [3.63, 3.8) is 0 Å². The van der Waals surface area contributed by atoms with Crippen LogP contribution in [0.15, 0.2) is 76.7 Å². The highest BCUT2D eigenvalue weighted by Crippen LogP contribution is 2.43. The van der Waals surface area contributed by atoms with Crippen molar-refractivity contribution in [3.05, 3.63) is 99.3 Å². The largest absolute Gasteiger partial charge is 0.468 e. The zero-order valence-corrected chi connectivity index (χ0v) is 15.3. The molecule has 1 aliphatic rings. The summed E-state index contributed by atoms with van der Waals surface area (Å²) in [4.78, 5) is 22.7. The minimum Gasteiger partial charge on any atom is -0.468 e. The zero-order chi connectivity index (χ0) is 21.3. The topological polar surface area (TPSA) is 142 Å². The molecular weight excluding hydrogens is 390 g/mol. The van der Waals surface area contributed by atoms with Crippen molar-refractivity contribution in [3.8, 4) is 17.6 Å². The summed E-state index contributed by atoms with van der Waals surface area (Å²) in [7, 11) is 0. The van der Waals surface area contributed by atoms with Gasteiger partial charge in [0.05, 0.1) is 22.7 Å². The molecule has 1 unspecified atom stereocenters. The maximum absolute atomic E-state index is 12.4. The number of nitro groups is 1. The van der Waals surface area contributed by atoms with Crippen molar-refractivity contribution in [1.82, 2.24) is 0 Å². The van der Waals surface area contributed by atoms with Gasteiger partial charge in [0.1, 0.15) is 28.9 Å². The van der Waals surface area contributed by atoms with Gasteiger partial charge in [0.2, 0.25) is 5.88 Å². The first kappa shape index (κ1) is 18.8. The van der Waals surface area contributed by atoms with Gasteiger partial charge < -0.3 is 19.6 Å². The van der Waals surface area contributed by atoms with E-state index in [9.17, 15) is 20.2 Å². The smallest absolute Gasteiger partial charge is 0.343 e. The summed E-state index contributed by atoms with van der Waals surface area (Å²) in [5.41, 5.74) is 6.54. The Morgan fingerprint density at radius 2 is 2.03 bits per heavy atom. The van der Waals surface area contributed by atoms with Crippen molar-refractivity contribution < 1.29 is 23.6 Å². The number of ether oxygens (including phenoxy) is 2. The second-order valence-corrected chi connectivity index (χ2v) is 6.34. The van der Waals surface area contributed by atoms with Crippen LogP contribution in [0.4, 0.5) is 5.69 Å². The third-order valence-electron chi connectivity index (χ3n) is 4.52. The predicted octanol–water partition coefficient (Wildman–Crippen LogP) is 3.63. The summed E-state index contributed by atoms with van der Waals surface area (Å²) >= 11 is 0. The van der Waals surface area contributed by atoms with Crippen molar-refractivity contribution >= 4 is 11.7 Å². The van der Waals surface area contributed by atoms with Crippen LogP contribution in [0.3, 0.4) is 0 Å². The average Bonchev–Trinajstić information content (AvgIpc) is 3.27. The van der Waals surface area contributed by atoms with Gasteiger partial charge in [-0.15, -0.1) is 0 Å². The number of allylic oxidation sites excluding steroid dienone is 1. The van der Waals surface area contributed by atoms with E-state index < -0.39 is 16.8 Å². The summed E-state index contributed by atoms with van der Waals surface area (Å²) in [6.45, 7) is 0. The van der Waals surface area contributed by atoms with E-state index in [4.69, 9.17) is 19.6 Å². The number of esters is 1. The fraction of sp³-hybridized carbons (Fsp3) is 0.0476. The maximum Gasteiger partial charge on any atom is 0.343 e. The first-order valence-electron chi connectivity index (χ1n) is 8.69. The summed E-state index contributed by atoms with van der Waals surface area (Å²) < 4.78 is 16.3. The van der Waals surface area contributed by atoms with Crippen LogP contribution in [0.1, 0.15) is 27.6 Å². The first-order chi connectivity index (χ1) is 14.5. The van der Waals surface area contributed by atoms with E-state index >= 15 is 0 Å². The lowest BCUT2D eigenvalue weighted by Gasteiger charge is -2.25. The molecule has 0 spiro atoms. The van der Waals surface area contributed by atoms with Gasteiger partial charge in [0, 0.05) is 23.8 Å². The molecule has 0 saturated carbocycles. The quantitative estimate of drug-likeness (QED) is 0.301. The van der Waals surface area contributed by atoms with Gasteiger partial charge in [0.15, 0.2) is 0 Å². The van der Waals surface area contributed by atoms with Crippen LogP contribution in [-0.4, -0.2) is 10.9 Å². The Bertz CT molecular complexity index is 1220. The number of hydrogen-bond donors (Lipinski definition) is 1. The highest BCUT2D eigenvalue weighted by atomic mass is 16.6. The number of furan rings is 1. The minimum absolute atomic E-state index is 0.0301. The Balaban J connectivity index is 1.65. The molecule has 2 N–H and O–H groups in total. The van der Waals surface area contributed by atoms with Gasteiger partial charge in [-0.3, -0.25) is 10.1 Å². The Kier molecular flexibility index (Phi) is 4.66. The molecule has 9 heteroatoms. The van der Waals surface area contributed by atoms with Crippen LogP contribution in [0.25, 0.3) is 0 Å². The lowest BCUT2D eigenvalue weighted by Crippen LogP contribution is -2.21. The number of hydrogen-bond acceptors (Lipinski definition) is 8. The summed E-state index contributed by atoms with van der Waals surface area (Å²) in [6, 6.07) is 15.3. The Morgan fingerprint density at radius 1 is 1.20 bits per heavy atom. The highest BCUT2D eigenvalue weighted by molar-refractivity contribution is 5.91. The molecule has 2 heterocycles. The maximum atomic E-state index is 12.4. The highest BCUT2D eigenvalue weighted by Gasteiger charge is 2.32. The standard InChI is InChI=1S/C21H13N3O6/c22-11-16-19(17-5-2-8-28-17)15-7-6-14(10-18(15)30-20(16)23)29-21(25)12-3-1-4-13(9-12)24(26)27/h1-10,19H,23H2. The summed E-state index contributed by atoms with van der Waals surface area (Å²) in [5.74, 6) is -0.434. The zero-order valence-electron chi connectivity index (χ0n) is 15.3. The van der Waals surface area contributed by atoms with E-state index in [1.807, 2.05) is 6.07 Å². The summed E-state index contributed by atoms with van der Waals surface area (Å²) in [6.07, 6.45) is 1.49. The molecule has 3 aromatic rings. The molecule has 0 radical (unpaired) electrons. The number of nitro benzene ring substituents is 1. The number of benzene rings is 2. The van der Waals surface area contributed by atoms with Crippen molar-refractivity contribution in [1.29, 1.82) is 5.26 Å². The van der Waals surface area contributed by atoms with E-state index in [-0.39, 0.29) is 28.5 Å². The predicted molar refractivity (Wildman–Crippen MR) is 103 cm³/mol. The number of carbonyl (C=O) groups excluding carboxylic acids is 1. The van der Waals surface area contributed by atoms with Crippen molar-refractivity contribution in [2.75, 3.05) is 0 Å². The number of nitrogens with two attached hydrogens (primary N) is 1. The molecule has 0 saturated heterocycles. The molecule has 0 aliphatic carbocycles. The second kappa shape index (κ2) is 7.44. The molecule has 0 fully saturated rings. The molecule has 148 valence electrons. The van der Waals surface area contributed by atoms with Gasteiger partial charge in [-0.1, -0.05) is 12.1 Å². The fourth-order valence-electron chi connectivity index (χ4n) is 3.16. The molecule has 1 aliphatic heterocycles. The summed E-state index contributed by atoms with van der Waals surface area (Å²) in [5, 5.41) is 20.4. The van der Waals surface area contributed by atoms with Crippen LogP contribution in [-0.2, 0) is 0 Å². The molecule has 1 atom stereocenters. The molecule has 0 amide bonds. The Morgan fingerprint density at radius 3 is 2.73 bits per heavy atom. The first-order valence-corrected chi connectivity index (χ1v) is 8.69. The van der Waals surface area contributed by atoms with E-state index in [2.05, 4.69) is 0 Å². The van der Waals surface area contributed by atoms with Crippen molar-refractivity contribution in [2.45, 2.75) is 5.92 Å². The molecule has 4 rings (SSSR count). The van der Waals surface area contributed by atoms with Gasteiger partial charge in [-0.25, -0.2) is 4.79 Å². The van der Waals surface area contributed by atoms with Gasteiger partial charge in [0.25, 0.3) is 5.69 Å². The molecule has 30 heavy (non-hydrogen) atoms. The SMILES string of the molecule is N#CC1=C(N)Oc2cc(OC(=O)c3cccc([N+](=O)[O-])c3)ccc2C1c1ccco1. The number of nitriles is 1. The third-order valence-corrected chi connectivity index (χ3v) is 4.52. The van der Waals surface area contributed by atoms with Gasteiger partial charge in [-0.2, -0.15) is 5.26 Å². The van der Waals surface area contributed by atoms with Crippen molar-refractivity contribution in [2.24, 2.45) is 5.73 Å². The van der Waals surface area contributed by atoms with Crippen LogP contribution in [0.2, 0.25) is 0 Å². The number of fused-ring (bicyclic) bond motifs is 1. The van der Waals surface area contributed by atoms with E-state index in [1.165, 1.54) is 36.6 Å². The van der Waals surface area contributed by atoms with Gasteiger partial charge in [-0.05, 0) is 24.3 Å². The molecule has 1 aromatic heterocycles. The molecule has 0 bridgehead atoms. The second-order valence-electron chi connectivity index (χ2n) is 6.34. The lowest BCUT2D eigenvalue weighted by molar-refractivity contribution is -0.384. The monoisotopic (exact) mass is 403 g/mol. The number of rotatable bonds is 4. The molecule has 9 nitrogen and oxygen atoms in total. The van der Waals surface area contributed by atoms with E-state index in [0.717, 1.165) is 6.07 Å². The molecule has 2 aromatic carbocycles. The van der Waals surface area contributed by atoms with Crippen LogP contribution in [0.5, 0.6) is 11.5 Å². The van der Waals surface area contributed by atoms with Gasteiger partial charge >= 0.3 is 5.97 Å². The number of nitrogens with zero attached hydrogens (tertiary/aromatic N) is 2. The third kappa shape index (κ3) is 3.33.